The van der Waals surface area contributed by atoms with Crippen molar-refractivity contribution in [3.05, 3.63) is 29.8 Å². The molecule has 36 heavy (non-hydrogen) atoms. The van der Waals surface area contributed by atoms with Crippen molar-refractivity contribution in [2.75, 3.05) is 51.5 Å². The van der Waals surface area contributed by atoms with Crippen LogP contribution in [0, 0.1) is 0 Å². The number of aliphatic carboxylic acids is 5. The van der Waals surface area contributed by atoms with Crippen LogP contribution < -0.4 is 5.73 Å². The topological polar surface area (TPSA) is 222 Å². The quantitative estimate of drug-likeness (QED) is 0.128. The van der Waals surface area contributed by atoms with Crippen molar-refractivity contribution in [1.82, 2.24) is 14.7 Å². The normalized spacial score (nSPS) is 13.0. The fourth-order valence-corrected chi connectivity index (χ4v) is 3.79. The summed E-state index contributed by atoms with van der Waals surface area (Å²) < 4.78 is 0. The van der Waals surface area contributed by atoms with E-state index in [0.717, 1.165) is 4.90 Å². The number of rotatable bonds is 18. The van der Waals surface area contributed by atoms with Gasteiger partial charge in [0, 0.05) is 30.9 Å². The minimum atomic E-state index is -1.27. The number of hydrogen-bond acceptors (Lipinski definition) is 9. The van der Waals surface area contributed by atoms with Crippen LogP contribution in [0.4, 0.5) is 5.69 Å². The van der Waals surface area contributed by atoms with E-state index in [-0.39, 0.29) is 19.5 Å². The number of benzene rings is 1. The number of carboxylic acid groups (broad SMARTS) is 5. The molecule has 0 aliphatic rings. The van der Waals surface area contributed by atoms with Gasteiger partial charge in [-0.15, -0.1) is 0 Å². The van der Waals surface area contributed by atoms with Crippen molar-refractivity contribution in [3.8, 4) is 0 Å². The summed E-state index contributed by atoms with van der Waals surface area (Å²) in [5.41, 5.74) is 6.90. The maximum Gasteiger partial charge on any atom is 0.317 e. The highest BCUT2D eigenvalue weighted by atomic mass is 16.4. The summed E-state index contributed by atoms with van der Waals surface area (Å²) in [6.07, 6.45) is 0.166. The first-order chi connectivity index (χ1) is 16.8. The number of hydrogen-bond donors (Lipinski definition) is 6. The van der Waals surface area contributed by atoms with Gasteiger partial charge in [0.25, 0.3) is 0 Å². The molecule has 0 bridgehead atoms. The van der Waals surface area contributed by atoms with Crippen molar-refractivity contribution in [2.24, 2.45) is 0 Å². The highest BCUT2D eigenvalue weighted by Crippen LogP contribution is 2.14. The molecule has 0 saturated heterocycles. The number of nitrogens with two attached hydrogens (primary N) is 1. The first-order valence-electron chi connectivity index (χ1n) is 10.9. The van der Waals surface area contributed by atoms with E-state index in [4.69, 9.17) is 15.9 Å². The van der Waals surface area contributed by atoms with Crippen LogP contribution in [0.2, 0.25) is 0 Å². The molecule has 0 amide bonds. The Kier molecular flexibility index (Phi) is 12.3. The monoisotopic (exact) mass is 512 g/mol. The van der Waals surface area contributed by atoms with Crippen LogP contribution in [0.25, 0.3) is 0 Å². The van der Waals surface area contributed by atoms with Crippen molar-refractivity contribution in [2.45, 2.75) is 25.4 Å². The van der Waals surface area contributed by atoms with Gasteiger partial charge in [-0.2, -0.15) is 0 Å². The molecule has 7 N–H and O–H groups in total. The Bertz CT molecular complexity index is 892. The molecular formula is C22H32N4O10. The Hall–Kier alpha value is -3.75. The molecule has 200 valence electrons. The van der Waals surface area contributed by atoms with Crippen LogP contribution in [0.15, 0.2) is 24.3 Å². The van der Waals surface area contributed by atoms with Gasteiger partial charge in [-0.3, -0.25) is 38.7 Å². The Morgan fingerprint density at radius 1 is 0.694 bits per heavy atom. The largest absolute Gasteiger partial charge is 0.480 e. The van der Waals surface area contributed by atoms with E-state index < -0.39 is 74.7 Å². The van der Waals surface area contributed by atoms with Gasteiger partial charge in [-0.25, -0.2) is 0 Å². The fourth-order valence-electron chi connectivity index (χ4n) is 3.79. The third-order valence-corrected chi connectivity index (χ3v) is 5.29. The average Bonchev–Trinajstić information content (AvgIpc) is 2.72. The Labute approximate surface area is 207 Å². The maximum absolute atomic E-state index is 11.6. The third kappa shape index (κ3) is 12.1. The predicted molar refractivity (Wildman–Crippen MR) is 126 cm³/mol. The van der Waals surface area contributed by atoms with E-state index in [1.807, 2.05) is 0 Å². The second kappa shape index (κ2) is 14.6. The maximum atomic E-state index is 11.6. The van der Waals surface area contributed by atoms with Crippen molar-refractivity contribution < 1.29 is 49.5 Å². The summed E-state index contributed by atoms with van der Waals surface area (Å²) in [6.45, 7) is -1.55. The van der Waals surface area contributed by atoms with Gasteiger partial charge >= 0.3 is 29.8 Å². The van der Waals surface area contributed by atoms with E-state index in [1.165, 1.54) is 9.80 Å². The lowest BCUT2D eigenvalue weighted by molar-refractivity contribution is -0.144. The Balaban J connectivity index is 3.27. The molecule has 0 aliphatic heterocycles. The number of carboxylic acids is 5. The lowest BCUT2D eigenvalue weighted by Crippen LogP contribution is -2.53. The zero-order chi connectivity index (χ0) is 27.4. The van der Waals surface area contributed by atoms with Crippen LogP contribution in [-0.2, 0) is 30.4 Å². The second-order valence-corrected chi connectivity index (χ2v) is 8.42. The van der Waals surface area contributed by atoms with Gasteiger partial charge < -0.3 is 31.3 Å². The number of carbonyl (C=O) groups is 5. The number of nitrogens with zero attached hydrogens (tertiary/aromatic N) is 3. The number of nitrogen functional groups attached to an aromatic ring is 1. The SMILES string of the molecule is C[C@@H](CN(CC(=O)O)C[C@@H](Cc1ccc(N)cc1)N(CC(=O)O)CC(=O)O)N(CC(=O)O)CC(=O)O. The summed E-state index contributed by atoms with van der Waals surface area (Å²) in [7, 11) is 0. The van der Waals surface area contributed by atoms with Crippen molar-refractivity contribution >= 4 is 35.5 Å². The molecule has 0 aromatic heterocycles. The molecule has 0 heterocycles. The molecule has 14 heteroatoms. The van der Waals surface area contributed by atoms with E-state index >= 15 is 0 Å². The molecule has 0 spiro atoms. The average molecular weight is 513 g/mol. The van der Waals surface area contributed by atoms with Gasteiger partial charge in [0.1, 0.15) is 0 Å². The molecule has 2 atom stereocenters. The van der Waals surface area contributed by atoms with Crippen LogP contribution >= 0.6 is 0 Å². The summed E-state index contributed by atoms with van der Waals surface area (Å²) in [5, 5.41) is 46.4. The molecule has 0 unspecified atom stereocenters. The lowest BCUT2D eigenvalue weighted by atomic mass is 10.0. The van der Waals surface area contributed by atoms with Crippen LogP contribution in [0.5, 0.6) is 0 Å². The van der Waals surface area contributed by atoms with Crippen molar-refractivity contribution in [1.29, 1.82) is 0 Å². The molecule has 1 aromatic rings. The third-order valence-electron chi connectivity index (χ3n) is 5.29. The minimum Gasteiger partial charge on any atom is -0.480 e. The molecule has 0 fully saturated rings. The molecule has 1 aromatic carbocycles. The summed E-state index contributed by atoms with van der Waals surface area (Å²) in [5.74, 6) is -6.29. The summed E-state index contributed by atoms with van der Waals surface area (Å²) >= 11 is 0. The second-order valence-electron chi connectivity index (χ2n) is 8.42. The van der Waals surface area contributed by atoms with Gasteiger partial charge in [-0.05, 0) is 31.0 Å². The van der Waals surface area contributed by atoms with Gasteiger partial charge in [0.15, 0.2) is 0 Å². The van der Waals surface area contributed by atoms with Crippen LogP contribution in [-0.4, -0.2) is 128 Å². The molecular weight excluding hydrogens is 480 g/mol. The first kappa shape index (κ1) is 30.3. The molecule has 0 aliphatic carbocycles. The molecule has 0 radical (unpaired) electrons. The van der Waals surface area contributed by atoms with Crippen molar-refractivity contribution in [3.63, 3.8) is 0 Å². The standard InChI is InChI=1S/C22H32N4O10/c1-14(25(10-19(29)30)11-20(31)32)7-24(9-18(27)28)8-17(6-15-2-4-16(23)5-3-15)26(12-21(33)34)13-22(35)36/h2-5,14,17H,6-13,23H2,1H3,(H,27,28)(H,29,30)(H,31,32)(H,33,34)(H,35,36)/t14-,17+/m0/s1. The number of anilines is 1. The smallest absolute Gasteiger partial charge is 0.317 e. The van der Waals surface area contributed by atoms with Crippen LogP contribution in [0.1, 0.15) is 12.5 Å². The van der Waals surface area contributed by atoms with E-state index in [0.29, 0.717) is 11.3 Å². The first-order valence-corrected chi connectivity index (χ1v) is 10.9. The minimum absolute atomic E-state index is 0.0704. The van der Waals surface area contributed by atoms with E-state index in [9.17, 15) is 39.3 Å². The van der Waals surface area contributed by atoms with Crippen LogP contribution in [0.3, 0.4) is 0 Å². The predicted octanol–water partition coefficient (Wildman–Crippen LogP) is -1.10. The van der Waals surface area contributed by atoms with E-state index in [2.05, 4.69) is 0 Å². The molecule has 0 saturated carbocycles. The highest BCUT2D eigenvalue weighted by molar-refractivity contribution is 5.73. The van der Waals surface area contributed by atoms with Gasteiger partial charge in [-0.1, -0.05) is 12.1 Å². The Morgan fingerprint density at radius 3 is 1.53 bits per heavy atom. The van der Waals surface area contributed by atoms with Gasteiger partial charge in [0.2, 0.25) is 0 Å². The molecule has 1 rings (SSSR count). The molecule has 14 nitrogen and oxygen atoms in total. The highest BCUT2D eigenvalue weighted by Gasteiger charge is 2.29. The lowest BCUT2D eigenvalue weighted by Gasteiger charge is -2.36. The van der Waals surface area contributed by atoms with E-state index in [1.54, 1.807) is 31.2 Å². The fraction of sp³-hybridized carbons (Fsp3) is 0.500. The summed E-state index contributed by atoms with van der Waals surface area (Å²) in [6, 6.07) is 5.15. The zero-order valence-corrected chi connectivity index (χ0v) is 19.8. The Morgan fingerprint density at radius 2 is 1.11 bits per heavy atom. The zero-order valence-electron chi connectivity index (χ0n) is 19.8. The summed E-state index contributed by atoms with van der Waals surface area (Å²) in [4.78, 5) is 60.6. The van der Waals surface area contributed by atoms with Gasteiger partial charge in [0.05, 0.1) is 32.7 Å².